The van der Waals surface area contributed by atoms with Crippen LogP contribution in [0.4, 0.5) is 0 Å². The monoisotopic (exact) mass is 524 g/mol. The minimum absolute atomic E-state index is 0.0596. The lowest BCUT2D eigenvalue weighted by molar-refractivity contribution is -0.139. The molecule has 0 radical (unpaired) electrons. The van der Waals surface area contributed by atoms with Crippen LogP contribution in [0.3, 0.4) is 0 Å². The second-order valence-electron chi connectivity index (χ2n) is 7.85. The number of likely N-dealkylation sites (N-methyl/N-ethyl adjacent to an activating group) is 1. The number of benzene rings is 3. The fourth-order valence-corrected chi connectivity index (χ4v) is 4.54. The van der Waals surface area contributed by atoms with Crippen molar-refractivity contribution in [2.24, 2.45) is 0 Å². The molecule has 1 N–H and O–H groups in total. The fourth-order valence-electron chi connectivity index (χ4n) is 3.49. The zero-order valence-corrected chi connectivity index (χ0v) is 21.4. The summed E-state index contributed by atoms with van der Waals surface area (Å²) in [5.41, 5.74) is 3.18. The van der Waals surface area contributed by atoms with Gasteiger partial charge in [-0.25, -0.2) is 0 Å². The van der Waals surface area contributed by atoms with E-state index in [-0.39, 0.29) is 17.6 Å². The van der Waals surface area contributed by atoms with Gasteiger partial charge in [0.15, 0.2) is 0 Å². The van der Waals surface area contributed by atoms with E-state index in [0.29, 0.717) is 19.5 Å². The molecule has 0 aliphatic rings. The summed E-state index contributed by atoms with van der Waals surface area (Å²) in [7, 11) is 0. The smallest absolute Gasteiger partial charge is 0.243 e. The number of nitrogens with one attached hydrogen (secondary N) is 1. The summed E-state index contributed by atoms with van der Waals surface area (Å²) in [4.78, 5) is 29.4. The molecular weight excluding hydrogens is 496 g/mol. The van der Waals surface area contributed by atoms with Crippen molar-refractivity contribution in [1.82, 2.24) is 10.2 Å². The Morgan fingerprint density at radius 2 is 1.61 bits per heavy atom. The van der Waals surface area contributed by atoms with Crippen LogP contribution in [0.25, 0.3) is 0 Å². The topological polar surface area (TPSA) is 49.4 Å². The Balaban J connectivity index is 1.87. The first-order valence-corrected chi connectivity index (χ1v) is 12.8. The highest BCUT2D eigenvalue weighted by Gasteiger charge is 2.30. The SMILES string of the molecule is CCNC(=O)C(Cc1ccccc1)N(Cc1ccc(Br)cc1)C(=O)CSc1ccc(C)cc1. The highest BCUT2D eigenvalue weighted by molar-refractivity contribution is 9.10. The average molecular weight is 526 g/mol. The van der Waals surface area contributed by atoms with E-state index in [2.05, 4.69) is 21.2 Å². The number of hydrogen-bond acceptors (Lipinski definition) is 3. The van der Waals surface area contributed by atoms with Crippen molar-refractivity contribution in [2.45, 2.75) is 37.8 Å². The molecule has 3 aromatic carbocycles. The molecule has 6 heteroatoms. The molecule has 172 valence electrons. The maximum Gasteiger partial charge on any atom is 0.243 e. The standard InChI is InChI=1S/C27H29BrN2O2S/c1-3-29-27(32)25(17-21-7-5-4-6-8-21)30(18-22-11-13-23(28)14-12-22)26(31)19-33-24-15-9-20(2)10-16-24/h4-16,25H,3,17-19H2,1-2H3,(H,29,32). The Kier molecular flexibility index (Phi) is 9.58. The molecule has 0 aromatic heterocycles. The third kappa shape index (κ3) is 7.76. The number of rotatable bonds is 10. The lowest BCUT2D eigenvalue weighted by atomic mass is 10.0. The Labute approximate surface area is 208 Å². The summed E-state index contributed by atoms with van der Waals surface area (Å²) in [6.45, 7) is 4.82. The van der Waals surface area contributed by atoms with E-state index >= 15 is 0 Å². The van der Waals surface area contributed by atoms with Crippen LogP contribution in [0.15, 0.2) is 88.2 Å². The number of halogens is 1. The van der Waals surface area contributed by atoms with Gasteiger partial charge in [-0.1, -0.05) is 76.1 Å². The minimum Gasteiger partial charge on any atom is -0.355 e. The summed E-state index contributed by atoms with van der Waals surface area (Å²) in [6, 6.07) is 25.3. The number of hydrogen-bond donors (Lipinski definition) is 1. The lowest BCUT2D eigenvalue weighted by Crippen LogP contribution is -2.51. The molecule has 0 heterocycles. The van der Waals surface area contributed by atoms with Gasteiger partial charge >= 0.3 is 0 Å². The first kappa shape index (κ1) is 25.1. The Morgan fingerprint density at radius 1 is 0.939 bits per heavy atom. The van der Waals surface area contributed by atoms with E-state index in [1.807, 2.05) is 92.7 Å². The number of carbonyl (C=O) groups is 2. The van der Waals surface area contributed by atoms with Gasteiger partial charge in [0.2, 0.25) is 11.8 Å². The average Bonchev–Trinajstić information content (AvgIpc) is 2.82. The van der Waals surface area contributed by atoms with Crippen LogP contribution >= 0.6 is 27.7 Å². The van der Waals surface area contributed by atoms with Gasteiger partial charge in [0.25, 0.3) is 0 Å². The van der Waals surface area contributed by atoms with E-state index in [1.54, 1.807) is 4.90 Å². The molecule has 0 bridgehead atoms. The summed E-state index contributed by atoms with van der Waals surface area (Å²) < 4.78 is 0.976. The van der Waals surface area contributed by atoms with Crippen LogP contribution in [0.1, 0.15) is 23.6 Å². The van der Waals surface area contributed by atoms with E-state index in [1.165, 1.54) is 17.3 Å². The van der Waals surface area contributed by atoms with Gasteiger partial charge in [0.05, 0.1) is 5.75 Å². The lowest BCUT2D eigenvalue weighted by Gasteiger charge is -2.31. The quantitative estimate of drug-likeness (QED) is 0.350. The summed E-state index contributed by atoms with van der Waals surface area (Å²) in [5.74, 6) is 0.0763. The van der Waals surface area contributed by atoms with Crippen molar-refractivity contribution < 1.29 is 9.59 Å². The third-order valence-electron chi connectivity index (χ3n) is 5.27. The first-order chi connectivity index (χ1) is 16.0. The van der Waals surface area contributed by atoms with Crippen molar-refractivity contribution in [3.8, 4) is 0 Å². The van der Waals surface area contributed by atoms with Crippen LogP contribution in [0, 0.1) is 6.92 Å². The number of thioether (sulfide) groups is 1. The van der Waals surface area contributed by atoms with Crippen molar-refractivity contribution >= 4 is 39.5 Å². The summed E-state index contributed by atoms with van der Waals surface area (Å²) >= 11 is 4.96. The molecule has 0 aliphatic carbocycles. The number of amides is 2. The predicted octanol–water partition coefficient (Wildman–Crippen LogP) is 5.63. The molecular formula is C27H29BrN2O2S. The van der Waals surface area contributed by atoms with Crippen molar-refractivity contribution in [3.05, 3.63) is 100 Å². The second-order valence-corrected chi connectivity index (χ2v) is 9.81. The van der Waals surface area contributed by atoms with Crippen molar-refractivity contribution in [2.75, 3.05) is 12.3 Å². The van der Waals surface area contributed by atoms with Gasteiger partial charge in [0.1, 0.15) is 6.04 Å². The molecule has 1 unspecified atom stereocenters. The van der Waals surface area contributed by atoms with Crippen LogP contribution in [0.2, 0.25) is 0 Å². The third-order valence-corrected chi connectivity index (χ3v) is 6.80. The molecule has 0 saturated carbocycles. The largest absolute Gasteiger partial charge is 0.355 e. The van der Waals surface area contributed by atoms with E-state index in [9.17, 15) is 9.59 Å². The zero-order chi connectivity index (χ0) is 23.6. The van der Waals surface area contributed by atoms with Gasteiger partial charge in [-0.3, -0.25) is 9.59 Å². The van der Waals surface area contributed by atoms with E-state index in [0.717, 1.165) is 20.5 Å². The highest BCUT2D eigenvalue weighted by atomic mass is 79.9. The maximum atomic E-state index is 13.5. The van der Waals surface area contributed by atoms with E-state index < -0.39 is 6.04 Å². The molecule has 0 saturated heterocycles. The van der Waals surface area contributed by atoms with Crippen LogP contribution < -0.4 is 5.32 Å². The Bertz CT molecular complexity index is 1040. The highest BCUT2D eigenvalue weighted by Crippen LogP contribution is 2.22. The summed E-state index contributed by atoms with van der Waals surface area (Å²) in [6.07, 6.45) is 0.462. The number of carbonyl (C=O) groups excluding carboxylic acids is 2. The van der Waals surface area contributed by atoms with E-state index in [4.69, 9.17) is 0 Å². The number of aryl methyl sites for hydroxylation is 1. The first-order valence-electron chi connectivity index (χ1n) is 11.0. The number of nitrogens with zero attached hydrogens (tertiary/aromatic N) is 1. The van der Waals surface area contributed by atoms with Crippen LogP contribution in [-0.4, -0.2) is 35.1 Å². The van der Waals surface area contributed by atoms with Gasteiger partial charge in [-0.2, -0.15) is 0 Å². The molecule has 2 amide bonds. The zero-order valence-electron chi connectivity index (χ0n) is 19.0. The molecule has 33 heavy (non-hydrogen) atoms. The normalized spacial score (nSPS) is 11.6. The van der Waals surface area contributed by atoms with Crippen molar-refractivity contribution in [3.63, 3.8) is 0 Å². The molecule has 0 spiro atoms. The van der Waals surface area contributed by atoms with Gasteiger partial charge in [-0.05, 0) is 49.2 Å². The van der Waals surface area contributed by atoms with Crippen molar-refractivity contribution in [1.29, 1.82) is 0 Å². The van der Waals surface area contributed by atoms with Gasteiger partial charge in [-0.15, -0.1) is 11.8 Å². The van der Waals surface area contributed by atoms with Gasteiger partial charge < -0.3 is 10.2 Å². The molecule has 1 atom stereocenters. The molecule has 0 aliphatic heterocycles. The second kappa shape index (κ2) is 12.6. The Hall–Kier alpha value is -2.57. The summed E-state index contributed by atoms with van der Waals surface area (Å²) in [5, 5.41) is 2.93. The fraction of sp³-hybridized carbons (Fsp3) is 0.259. The minimum atomic E-state index is -0.595. The molecule has 3 rings (SSSR count). The molecule has 4 nitrogen and oxygen atoms in total. The van der Waals surface area contributed by atoms with Crippen LogP contribution in [0.5, 0.6) is 0 Å². The predicted molar refractivity (Wildman–Crippen MR) is 139 cm³/mol. The maximum absolute atomic E-state index is 13.5. The van der Waals surface area contributed by atoms with Gasteiger partial charge in [0, 0.05) is 28.9 Å². The Morgan fingerprint density at radius 3 is 2.24 bits per heavy atom. The molecule has 0 fully saturated rings. The van der Waals surface area contributed by atoms with Crippen LogP contribution in [-0.2, 0) is 22.6 Å². The molecule has 3 aromatic rings.